The lowest BCUT2D eigenvalue weighted by Gasteiger charge is -2.23. The summed E-state index contributed by atoms with van der Waals surface area (Å²) in [5, 5.41) is 13.4. The average molecular weight is 320 g/mol. The second-order valence-electron chi connectivity index (χ2n) is 5.95. The zero-order valence-electron chi connectivity index (χ0n) is 12.7. The van der Waals surface area contributed by atoms with Crippen LogP contribution in [0.3, 0.4) is 0 Å². The van der Waals surface area contributed by atoms with Crippen LogP contribution in [0.4, 0.5) is 4.39 Å². The van der Waals surface area contributed by atoms with Crippen LogP contribution in [0, 0.1) is 11.7 Å². The SMILES string of the molecule is CC(CO)CNC1CCCc2nc(-c3ccccc3F)sc21. The number of hydrogen-bond acceptors (Lipinski definition) is 4. The van der Waals surface area contributed by atoms with E-state index in [0.717, 1.165) is 36.5 Å². The van der Waals surface area contributed by atoms with Crippen molar-refractivity contribution in [3.63, 3.8) is 0 Å². The Kier molecular flexibility index (Phi) is 4.86. The molecular weight excluding hydrogens is 299 g/mol. The van der Waals surface area contributed by atoms with Crippen LogP contribution in [0.25, 0.3) is 10.6 Å². The van der Waals surface area contributed by atoms with Gasteiger partial charge in [-0.25, -0.2) is 9.37 Å². The van der Waals surface area contributed by atoms with Crippen molar-refractivity contribution in [2.45, 2.75) is 32.2 Å². The maximum atomic E-state index is 14.0. The van der Waals surface area contributed by atoms with E-state index in [1.807, 2.05) is 13.0 Å². The normalized spacial score (nSPS) is 19.0. The van der Waals surface area contributed by atoms with E-state index in [1.165, 1.54) is 10.9 Å². The van der Waals surface area contributed by atoms with Crippen molar-refractivity contribution in [2.75, 3.05) is 13.2 Å². The summed E-state index contributed by atoms with van der Waals surface area (Å²) in [6, 6.07) is 7.09. The van der Waals surface area contributed by atoms with E-state index in [4.69, 9.17) is 5.11 Å². The summed E-state index contributed by atoms with van der Waals surface area (Å²) in [7, 11) is 0. The molecule has 5 heteroatoms. The summed E-state index contributed by atoms with van der Waals surface area (Å²) < 4.78 is 14.0. The summed E-state index contributed by atoms with van der Waals surface area (Å²) in [5.41, 5.74) is 1.69. The molecule has 0 spiro atoms. The molecular formula is C17H21FN2OS. The molecule has 2 N–H and O–H groups in total. The van der Waals surface area contributed by atoms with Crippen LogP contribution in [0.2, 0.25) is 0 Å². The van der Waals surface area contributed by atoms with Crippen molar-refractivity contribution in [3.8, 4) is 10.6 Å². The minimum absolute atomic E-state index is 0.190. The predicted octanol–water partition coefficient (Wildman–Crippen LogP) is 3.54. The van der Waals surface area contributed by atoms with E-state index in [1.54, 1.807) is 23.5 Å². The van der Waals surface area contributed by atoms with Gasteiger partial charge in [0.1, 0.15) is 10.8 Å². The summed E-state index contributed by atoms with van der Waals surface area (Å²) >= 11 is 1.59. The number of nitrogens with one attached hydrogen (secondary N) is 1. The first kappa shape index (κ1) is 15.6. The van der Waals surface area contributed by atoms with Gasteiger partial charge in [0.25, 0.3) is 0 Å². The molecule has 2 aromatic rings. The number of aromatic nitrogens is 1. The monoisotopic (exact) mass is 320 g/mol. The van der Waals surface area contributed by atoms with Crippen molar-refractivity contribution in [3.05, 3.63) is 40.7 Å². The Bertz CT molecular complexity index is 643. The molecule has 0 amide bonds. The molecule has 1 aliphatic carbocycles. The van der Waals surface area contributed by atoms with E-state index in [-0.39, 0.29) is 24.4 Å². The van der Waals surface area contributed by atoms with Gasteiger partial charge in [0.15, 0.2) is 0 Å². The summed E-state index contributed by atoms with van der Waals surface area (Å²) in [6.45, 7) is 3.00. The average Bonchev–Trinajstić information content (AvgIpc) is 2.97. The molecule has 0 bridgehead atoms. The lowest BCUT2D eigenvalue weighted by Crippen LogP contribution is -2.29. The minimum Gasteiger partial charge on any atom is -0.396 e. The maximum absolute atomic E-state index is 14.0. The second kappa shape index (κ2) is 6.86. The lowest BCUT2D eigenvalue weighted by molar-refractivity contribution is 0.228. The summed E-state index contributed by atoms with van der Waals surface area (Å²) in [6.07, 6.45) is 3.14. The molecule has 2 atom stereocenters. The Morgan fingerprint density at radius 3 is 3.05 bits per heavy atom. The van der Waals surface area contributed by atoms with Gasteiger partial charge in [-0.3, -0.25) is 0 Å². The van der Waals surface area contributed by atoms with Crippen LogP contribution in [-0.2, 0) is 6.42 Å². The van der Waals surface area contributed by atoms with Crippen molar-refractivity contribution in [1.29, 1.82) is 0 Å². The molecule has 0 saturated heterocycles. The zero-order chi connectivity index (χ0) is 15.5. The van der Waals surface area contributed by atoms with Gasteiger partial charge in [-0.15, -0.1) is 11.3 Å². The third-order valence-electron chi connectivity index (χ3n) is 4.08. The number of aliphatic hydroxyl groups is 1. The molecule has 3 nitrogen and oxygen atoms in total. The van der Waals surface area contributed by atoms with E-state index in [0.29, 0.717) is 5.56 Å². The van der Waals surface area contributed by atoms with E-state index >= 15 is 0 Å². The number of halogens is 1. The highest BCUT2D eigenvalue weighted by molar-refractivity contribution is 7.15. The van der Waals surface area contributed by atoms with Crippen LogP contribution in [0.5, 0.6) is 0 Å². The fourth-order valence-corrected chi connectivity index (χ4v) is 4.02. The zero-order valence-corrected chi connectivity index (χ0v) is 13.5. The fourth-order valence-electron chi connectivity index (χ4n) is 2.77. The first-order valence-electron chi connectivity index (χ1n) is 7.77. The number of aryl methyl sites for hydroxylation is 1. The summed E-state index contributed by atoms with van der Waals surface area (Å²) in [4.78, 5) is 5.90. The molecule has 0 saturated carbocycles. The van der Waals surface area contributed by atoms with Crippen LogP contribution < -0.4 is 5.32 Å². The van der Waals surface area contributed by atoms with Crippen molar-refractivity contribution >= 4 is 11.3 Å². The van der Waals surface area contributed by atoms with Crippen molar-refractivity contribution in [2.24, 2.45) is 5.92 Å². The topological polar surface area (TPSA) is 45.1 Å². The molecule has 1 aromatic heterocycles. The molecule has 0 aliphatic heterocycles. The van der Waals surface area contributed by atoms with Gasteiger partial charge in [-0.1, -0.05) is 19.1 Å². The number of aliphatic hydroxyl groups excluding tert-OH is 1. The maximum Gasteiger partial charge on any atom is 0.133 e. The van der Waals surface area contributed by atoms with Gasteiger partial charge in [-0.2, -0.15) is 0 Å². The highest BCUT2D eigenvalue weighted by Crippen LogP contribution is 2.38. The number of benzene rings is 1. The number of fused-ring (bicyclic) bond motifs is 1. The van der Waals surface area contributed by atoms with Crippen molar-refractivity contribution in [1.82, 2.24) is 10.3 Å². The molecule has 118 valence electrons. The quantitative estimate of drug-likeness (QED) is 0.885. The lowest BCUT2D eigenvalue weighted by atomic mass is 9.97. The number of thiazole rings is 1. The summed E-state index contributed by atoms with van der Waals surface area (Å²) in [5.74, 6) is 0.0244. The van der Waals surface area contributed by atoms with Crippen molar-refractivity contribution < 1.29 is 9.50 Å². The number of hydrogen-bond donors (Lipinski definition) is 2. The molecule has 3 rings (SSSR count). The number of nitrogens with zero attached hydrogens (tertiary/aromatic N) is 1. The third-order valence-corrected chi connectivity index (χ3v) is 5.32. The first-order chi connectivity index (χ1) is 10.7. The fraction of sp³-hybridized carbons (Fsp3) is 0.471. The Morgan fingerprint density at radius 1 is 1.45 bits per heavy atom. The van der Waals surface area contributed by atoms with Gasteiger partial charge in [-0.05, 0) is 37.3 Å². The van der Waals surface area contributed by atoms with E-state index in [2.05, 4.69) is 10.3 Å². The molecule has 1 aromatic carbocycles. The molecule has 0 fully saturated rings. The highest BCUT2D eigenvalue weighted by Gasteiger charge is 2.25. The molecule has 0 radical (unpaired) electrons. The molecule has 22 heavy (non-hydrogen) atoms. The van der Waals surface area contributed by atoms with Gasteiger partial charge < -0.3 is 10.4 Å². The Morgan fingerprint density at radius 2 is 2.27 bits per heavy atom. The molecule has 1 aliphatic rings. The first-order valence-corrected chi connectivity index (χ1v) is 8.59. The largest absolute Gasteiger partial charge is 0.396 e. The standard InChI is InChI=1S/C17H21FN2OS/c1-11(10-21)9-19-14-7-4-8-15-16(14)22-17(20-15)12-5-2-3-6-13(12)18/h2-3,5-6,11,14,19,21H,4,7-10H2,1H3. The smallest absolute Gasteiger partial charge is 0.133 e. The molecule has 1 heterocycles. The number of rotatable bonds is 5. The van der Waals surface area contributed by atoms with E-state index in [9.17, 15) is 4.39 Å². The Balaban J connectivity index is 1.84. The van der Waals surface area contributed by atoms with Gasteiger partial charge in [0.05, 0.1) is 5.69 Å². The van der Waals surface area contributed by atoms with Crippen LogP contribution in [0.15, 0.2) is 24.3 Å². The highest BCUT2D eigenvalue weighted by atomic mass is 32.1. The van der Waals surface area contributed by atoms with Gasteiger partial charge >= 0.3 is 0 Å². The van der Waals surface area contributed by atoms with Crippen LogP contribution in [-0.4, -0.2) is 23.2 Å². The van der Waals surface area contributed by atoms with Gasteiger partial charge in [0, 0.05) is 29.6 Å². The predicted molar refractivity (Wildman–Crippen MR) is 87.4 cm³/mol. The van der Waals surface area contributed by atoms with Crippen LogP contribution in [0.1, 0.15) is 36.4 Å². The Labute approximate surface area is 134 Å². The Hall–Kier alpha value is -1.30. The van der Waals surface area contributed by atoms with Gasteiger partial charge in [0.2, 0.25) is 0 Å². The minimum atomic E-state index is -0.216. The van der Waals surface area contributed by atoms with E-state index < -0.39 is 0 Å². The third kappa shape index (κ3) is 3.21. The second-order valence-corrected chi connectivity index (χ2v) is 6.98. The molecule has 2 unspecified atom stereocenters. The van der Waals surface area contributed by atoms with Crippen LogP contribution >= 0.6 is 11.3 Å².